The number of hydrogen-bond donors (Lipinski definition) is 2. The van der Waals surface area contributed by atoms with Crippen LogP contribution in [-0.4, -0.2) is 34.0 Å². The number of ketones is 1. The summed E-state index contributed by atoms with van der Waals surface area (Å²) in [4.78, 5) is 12.6. The number of aliphatic hydroxyl groups excluding tert-OH is 1. The summed E-state index contributed by atoms with van der Waals surface area (Å²) in [5.74, 6) is -0.551. The number of hydrogen-bond acceptors (Lipinski definition) is 5. The average Bonchev–Trinajstić information content (AvgIpc) is 3.07. The minimum Gasteiger partial charge on any atom is -0.507 e. The number of aromatic hydroxyl groups is 1. The Balaban J connectivity index is 1.67. The highest BCUT2D eigenvalue weighted by atomic mass is 16.7. The maximum absolute atomic E-state index is 12.6. The van der Waals surface area contributed by atoms with Crippen LogP contribution in [-0.2, 0) is 4.74 Å². The topological polar surface area (TPSA) is 76.0 Å². The van der Waals surface area contributed by atoms with Crippen molar-refractivity contribution in [3.8, 4) is 11.5 Å². The lowest BCUT2D eigenvalue weighted by molar-refractivity contribution is -0.118. The zero-order valence-corrected chi connectivity index (χ0v) is 14.5. The number of phenolic OH excluding ortho intramolecular Hbond substituents is 1. The van der Waals surface area contributed by atoms with Crippen LogP contribution in [0.15, 0.2) is 48.5 Å². The molecule has 0 bridgehead atoms. The van der Waals surface area contributed by atoms with Gasteiger partial charge < -0.3 is 19.7 Å². The lowest BCUT2D eigenvalue weighted by Crippen LogP contribution is -2.34. The number of ether oxygens (including phenoxy) is 2. The molecule has 2 aromatic rings. The number of allylic oxidation sites excluding steroid dienone is 1. The minimum atomic E-state index is -0.843. The molecule has 2 aliphatic rings. The Morgan fingerprint density at radius 2 is 1.88 bits per heavy atom. The van der Waals surface area contributed by atoms with Gasteiger partial charge in [0.1, 0.15) is 11.5 Å². The molecule has 4 rings (SSSR count). The van der Waals surface area contributed by atoms with Gasteiger partial charge in [-0.05, 0) is 37.6 Å². The van der Waals surface area contributed by atoms with Crippen molar-refractivity contribution in [2.45, 2.75) is 37.8 Å². The molecule has 0 aromatic heterocycles. The molecular weight excluding hydrogens is 332 g/mol. The highest BCUT2D eigenvalue weighted by molar-refractivity contribution is 6.09. The van der Waals surface area contributed by atoms with Gasteiger partial charge in [0, 0.05) is 5.56 Å². The Morgan fingerprint density at radius 3 is 2.62 bits per heavy atom. The summed E-state index contributed by atoms with van der Waals surface area (Å²) in [7, 11) is 0. The van der Waals surface area contributed by atoms with E-state index in [2.05, 4.69) is 0 Å². The van der Waals surface area contributed by atoms with Gasteiger partial charge >= 0.3 is 0 Å². The molecule has 3 atom stereocenters. The van der Waals surface area contributed by atoms with Crippen LogP contribution in [0.3, 0.4) is 0 Å². The first-order valence-electron chi connectivity index (χ1n) is 8.54. The van der Waals surface area contributed by atoms with Gasteiger partial charge in [-0.3, -0.25) is 4.79 Å². The van der Waals surface area contributed by atoms with Crippen LogP contribution < -0.4 is 4.74 Å². The molecule has 0 saturated carbocycles. The molecule has 0 spiro atoms. The molecule has 0 amide bonds. The first kappa shape index (κ1) is 16.8. The molecule has 2 N–H and O–H groups in total. The lowest BCUT2D eigenvalue weighted by Gasteiger charge is -2.24. The van der Waals surface area contributed by atoms with Gasteiger partial charge in [-0.1, -0.05) is 36.4 Å². The quantitative estimate of drug-likeness (QED) is 0.655. The second kappa shape index (κ2) is 5.97. The SMILES string of the molecule is CC1(C)O[C@H]2Oc3ccc(C(=O)/C=C/c4ccccc4)c(O)c3[C@H]2[C@@H]1O. The predicted molar refractivity (Wildman–Crippen MR) is 96.2 cm³/mol. The molecule has 5 nitrogen and oxygen atoms in total. The monoisotopic (exact) mass is 352 g/mol. The summed E-state index contributed by atoms with van der Waals surface area (Å²) in [5.41, 5.74) is 0.725. The number of aliphatic hydroxyl groups is 1. The summed E-state index contributed by atoms with van der Waals surface area (Å²) in [6.07, 6.45) is 1.62. The first-order chi connectivity index (χ1) is 12.4. The fraction of sp³-hybridized carbons (Fsp3) is 0.286. The molecule has 1 saturated heterocycles. The van der Waals surface area contributed by atoms with E-state index in [0.717, 1.165) is 5.56 Å². The van der Waals surface area contributed by atoms with Crippen molar-refractivity contribution in [1.82, 2.24) is 0 Å². The van der Waals surface area contributed by atoms with Crippen molar-refractivity contribution in [1.29, 1.82) is 0 Å². The van der Waals surface area contributed by atoms with Gasteiger partial charge in [0.2, 0.25) is 6.29 Å². The molecule has 0 aliphatic carbocycles. The predicted octanol–water partition coefficient (Wildman–Crippen LogP) is 3.26. The van der Waals surface area contributed by atoms with Crippen LogP contribution >= 0.6 is 0 Å². The van der Waals surface area contributed by atoms with E-state index in [1.54, 1.807) is 26.0 Å². The molecule has 0 unspecified atom stereocenters. The second-order valence-corrected chi connectivity index (χ2v) is 7.16. The van der Waals surface area contributed by atoms with Crippen LogP contribution in [0.5, 0.6) is 11.5 Å². The highest BCUT2D eigenvalue weighted by Gasteiger charge is 2.56. The maximum atomic E-state index is 12.6. The van der Waals surface area contributed by atoms with Crippen molar-refractivity contribution >= 4 is 11.9 Å². The zero-order chi connectivity index (χ0) is 18.5. The minimum absolute atomic E-state index is 0.155. The Kier molecular flexibility index (Phi) is 3.86. The molecular formula is C21H20O5. The number of rotatable bonds is 3. The van der Waals surface area contributed by atoms with E-state index in [0.29, 0.717) is 11.3 Å². The molecule has 2 aromatic carbocycles. The second-order valence-electron chi connectivity index (χ2n) is 7.16. The number of carbonyl (C=O) groups is 1. The standard InChI is InChI=1S/C21H20O5/c1-21(2)19(24)17-16-15(25-20(17)26-21)11-9-13(18(16)23)14(22)10-8-12-6-4-3-5-7-12/h3-11,17,19-20,23-24H,1-2H3/b10-8+/t17-,19-,20+/m0/s1. The van der Waals surface area contributed by atoms with Gasteiger partial charge in [-0.25, -0.2) is 0 Å². The molecule has 1 fully saturated rings. The van der Waals surface area contributed by atoms with Gasteiger partial charge in [0.25, 0.3) is 0 Å². The Labute approximate surface area is 151 Å². The van der Waals surface area contributed by atoms with E-state index in [4.69, 9.17) is 9.47 Å². The van der Waals surface area contributed by atoms with Crippen LogP contribution in [0.4, 0.5) is 0 Å². The summed E-state index contributed by atoms with van der Waals surface area (Å²) in [6, 6.07) is 12.6. The lowest BCUT2D eigenvalue weighted by atomic mass is 9.86. The van der Waals surface area contributed by atoms with E-state index in [9.17, 15) is 15.0 Å². The van der Waals surface area contributed by atoms with Crippen LogP contribution in [0.1, 0.15) is 41.3 Å². The summed E-state index contributed by atoms with van der Waals surface area (Å²) >= 11 is 0. The van der Waals surface area contributed by atoms with Crippen LogP contribution in [0, 0.1) is 0 Å². The van der Waals surface area contributed by atoms with Gasteiger partial charge in [0.15, 0.2) is 5.78 Å². The van der Waals surface area contributed by atoms with E-state index < -0.39 is 23.9 Å². The summed E-state index contributed by atoms with van der Waals surface area (Å²) in [5, 5.41) is 21.3. The van der Waals surface area contributed by atoms with Crippen molar-refractivity contribution in [2.24, 2.45) is 0 Å². The summed E-state index contributed by atoms with van der Waals surface area (Å²) in [6.45, 7) is 3.54. The summed E-state index contributed by atoms with van der Waals surface area (Å²) < 4.78 is 11.5. The first-order valence-corrected chi connectivity index (χ1v) is 8.54. The molecule has 5 heteroatoms. The van der Waals surface area contributed by atoms with Crippen molar-refractivity contribution < 1.29 is 24.5 Å². The number of carbonyl (C=O) groups excluding carboxylic acids is 1. The molecule has 26 heavy (non-hydrogen) atoms. The van der Waals surface area contributed by atoms with Crippen molar-refractivity contribution in [2.75, 3.05) is 0 Å². The number of phenols is 1. The third-order valence-corrected chi connectivity index (χ3v) is 5.01. The molecule has 134 valence electrons. The van der Waals surface area contributed by atoms with Gasteiger partial charge in [-0.2, -0.15) is 0 Å². The Hall–Kier alpha value is -2.63. The molecule has 2 heterocycles. The molecule has 0 radical (unpaired) electrons. The smallest absolute Gasteiger partial charge is 0.210 e. The van der Waals surface area contributed by atoms with Gasteiger partial charge in [-0.15, -0.1) is 0 Å². The highest BCUT2D eigenvalue weighted by Crippen LogP contribution is 2.53. The number of fused-ring (bicyclic) bond motifs is 3. The van der Waals surface area contributed by atoms with E-state index in [-0.39, 0.29) is 17.1 Å². The fourth-order valence-electron chi connectivity index (χ4n) is 3.58. The Morgan fingerprint density at radius 1 is 1.15 bits per heavy atom. The van der Waals surface area contributed by atoms with E-state index in [1.807, 2.05) is 30.3 Å². The largest absolute Gasteiger partial charge is 0.507 e. The van der Waals surface area contributed by atoms with Crippen molar-refractivity contribution in [3.05, 3.63) is 65.2 Å². The third-order valence-electron chi connectivity index (χ3n) is 5.01. The van der Waals surface area contributed by atoms with E-state index >= 15 is 0 Å². The fourth-order valence-corrected chi connectivity index (χ4v) is 3.58. The normalized spacial score (nSPS) is 25.7. The molecule has 2 aliphatic heterocycles. The van der Waals surface area contributed by atoms with Crippen LogP contribution in [0.25, 0.3) is 6.08 Å². The third kappa shape index (κ3) is 2.60. The van der Waals surface area contributed by atoms with Crippen molar-refractivity contribution in [3.63, 3.8) is 0 Å². The van der Waals surface area contributed by atoms with Gasteiger partial charge in [0.05, 0.1) is 23.2 Å². The van der Waals surface area contributed by atoms with Crippen LogP contribution in [0.2, 0.25) is 0 Å². The number of benzene rings is 2. The van der Waals surface area contributed by atoms with E-state index in [1.165, 1.54) is 12.1 Å². The maximum Gasteiger partial charge on any atom is 0.210 e. The Bertz CT molecular complexity index is 885. The zero-order valence-electron chi connectivity index (χ0n) is 14.5. The average molecular weight is 352 g/mol.